The van der Waals surface area contributed by atoms with E-state index in [1.807, 2.05) is 0 Å². The first-order valence-corrected chi connectivity index (χ1v) is 5.08. The number of primary sulfonamides is 1. The van der Waals surface area contributed by atoms with Gasteiger partial charge in [-0.15, -0.1) is 0 Å². The number of rotatable bonds is 2. The van der Waals surface area contributed by atoms with Crippen LogP contribution in [0.1, 0.15) is 5.56 Å². The summed E-state index contributed by atoms with van der Waals surface area (Å²) in [6.07, 6.45) is 0. The van der Waals surface area contributed by atoms with Gasteiger partial charge in [0.15, 0.2) is 0 Å². The van der Waals surface area contributed by atoms with E-state index in [0.717, 1.165) is 6.07 Å². The van der Waals surface area contributed by atoms with Gasteiger partial charge in [0.05, 0.1) is 5.75 Å². The minimum Gasteiger partial charge on any atom is -0.508 e. The van der Waals surface area contributed by atoms with Gasteiger partial charge in [-0.05, 0) is 6.07 Å². The van der Waals surface area contributed by atoms with E-state index in [4.69, 9.17) is 10.2 Å². The molecular weight excluding hydrogens is 197 g/mol. The van der Waals surface area contributed by atoms with Crippen molar-refractivity contribution in [1.82, 2.24) is 0 Å². The highest BCUT2D eigenvalue weighted by Crippen LogP contribution is 2.16. The molecule has 1 rings (SSSR count). The fourth-order valence-corrected chi connectivity index (χ4v) is 1.54. The van der Waals surface area contributed by atoms with Crippen molar-refractivity contribution in [2.45, 2.75) is 5.75 Å². The van der Waals surface area contributed by atoms with Crippen LogP contribution in [0.4, 0.5) is 4.39 Å². The van der Waals surface area contributed by atoms with Crippen molar-refractivity contribution in [1.29, 1.82) is 0 Å². The Bertz CT molecular complexity index is 416. The maximum Gasteiger partial charge on any atom is 0.213 e. The summed E-state index contributed by atoms with van der Waals surface area (Å²) in [7, 11) is -3.73. The lowest BCUT2D eigenvalue weighted by Crippen LogP contribution is -2.15. The second kappa shape index (κ2) is 3.31. The van der Waals surface area contributed by atoms with Gasteiger partial charge in [-0.3, -0.25) is 0 Å². The molecule has 0 aliphatic heterocycles. The number of hydrogen-bond acceptors (Lipinski definition) is 3. The smallest absolute Gasteiger partial charge is 0.213 e. The maximum absolute atomic E-state index is 12.9. The normalized spacial score (nSPS) is 11.5. The van der Waals surface area contributed by atoms with Crippen LogP contribution in [-0.4, -0.2) is 13.5 Å². The Morgan fingerprint density at radius 1 is 1.46 bits per heavy atom. The van der Waals surface area contributed by atoms with Gasteiger partial charge in [0.2, 0.25) is 10.0 Å². The highest BCUT2D eigenvalue weighted by molar-refractivity contribution is 7.88. The Kier molecular flexibility index (Phi) is 2.53. The van der Waals surface area contributed by atoms with Gasteiger partial charge >= 0.3 is 0 Å². The third-order valence-electron chi connectivity index (χ3n) is 1.39. The summed E-state index contributed by atoms with van der Waals surface area (Å²) in [5.41, 5.74) is -0.0553. The lowest BCUT2D eigenvalue weighted by Gasteiger charge is -2.01. The van der Waals surface area contributed by atoms with Crippen molar-refractivity contribution in [2.24, 2.45) is 5.14 Å². The summed E-state index contributed by atoms with van der Waals surface area (Å²) >= 11 is 0. The highest BCUT2D eigenvalue weighted by Gasteiger charge is 2.09. The second-order valence-corrected chi connectivity index (χ2v) is 4.20. The monoisotopic (exact) mass is 205 g/mol. The van der Waals surface area contributed by atoms with Gasteiger partial charge < -0.3 is 5.11 Å². The van der Waals surface area contributed by atoms with Gasteiger partial charge in [-0.25, -0.2) is 17.9 Å². The summed E-state index contributed by atoms with van der Waals surface area (Å²) in [6, 6.07) is 3.21. The first-order valence-electron chi connectivity index (χ1n) is 3.36. The predicted octanol–water partition coefficient (Wildman–Crippen LogP) is 0.320. The Morgan fingerprint density at radius 3 is 2.54 bits per heavy atom. The van der Waals surface area contributed by atoms with E-state index in [9.17, 15) is 12.8 Å². The number of aromatic hydroxyl groups is 1. The topological polar surface area (TPSA) is 80.4 Å². The van der Waals surface area contributed by atoms with E-state index in [1.165, 1.54) is 12.1 Å². The van der Waals surface area contributed by atoms with Crippen molar-refractivity contribution >= 4 is 10.0 Å². The molecule has 0 saturated carbocycles. The Balaban J connectivity index is 3.04. The maximum atomic E-state index is 12.9. The molecule has 3 N–H and O–H groups in total. The van der Waals surface area contributed by atoms with Crippen LogP contribution in [0.5, 0.6) is 5.75 Å². The summed E-state index contributed by atoms with van der Waals surface area (Å²) in [5, 5.41) is 13.5. The molecule has 0 unspecified atom stereocenters. The average Bonchev–Trinajstić information content (AvgIpc) is 1.93. The molecule has 13 heavy (non-hydrogen) atoms. The summed E-state index contributed by atoms with van der Waals surface area (Å²) in [5.74, 6) is -1.61. The minimum atomic E-state index is -3.73. The van der Waals surface area contributed by atoms with Gasteiger partial charge in [0, 0.05) is 11.6 Å². The summed E-state index contributed by atoms with van der Waals surface area (Å²) in [6.45, 7) is 0. The van der Waals surface area contributed by atoms with Crippen LogP contribution in [0.2, 0.25) is 0 Å². The molecule has 0 fully saturated rings. The van der Waals surface area contributed by atoms with Crippen molar-refractivity contribution < 1.29 is 17.9 Å². The van der Waals surface area contributed by atoms with Crippen LogP contribution < -0.4 is 5.14 Å². The van der Waals surface area contributed by atoms with Gasteiger partial charge in [0.25, 0.3) is 0 Å². The fraction of sp³-hybridized carbons (Fsp3) is 0.143. The Morgan fingerprint density at radius 2 is 2.08 bits per heavy atom. The van der Waals surface area contributed by atoms with E-state index < -0.39 is 21.6 Å². The zero-order valence-corrected chi connectivity index (χ0v) is 7.38. The van der Waals surface area contributed by atoms with Crippen LogP contribution in [0.25, 0.3) is 0 Å². The number of hydrogen-bond donors (Lipinski definition) is 2. The number of sulfonamides is 1. The molecule has 1 aromatic carbocycles. The lowest BCUT2D eigenvalue weighted by atomic mass is 10.2. The molecule has 0 spiro atoms. The van der Waals surface area contributed by atoms with Crippen LogP contribution in [0.15, 0.2) is 18.2 Å². The fourth-order valence-electron chi connectivity index (χ4n) is 0.870. The van der Waals surface area contributed by atoms with Crippen LogP contribution in [-0.2, 0) is 15.8 Å². The molecule has 0 heterocycles. The number of nitrogens with two attached hydrogens (primary N) is 1. The molecule has 0 saturated heterocycles. The van der Waals surface area contributed by atoms with E-state index in [0.29, 0.717) is 0 Å². The number of halogens is 1. The second-order valence-electron chi connectivity index (χ2n) is 2.58. The molecule has 0 amide bonds. The van der Waals surface area contributed by atoms with E-state index in [1.54, 1.807) is 0 Å². The van der Waals surface area contributed by atoms with E-state index in [2.05, 4.69) is 0 Å². The average molecular weight is 205 g/mol. The van der Waals surface area contributed by atoms with Gasteiger partial charge in [-0.2, -0.15) is 0 Å². The molecule has 0 radical (unpaired) electrons. The van der Waals surface area contributed by atoms with Crippen molar-refractivity contribution in [3.63, 3.8) is 0 Å². The summed E-state index contributed by atoms with van der Waals surface area (Å²) < 4.78 is 34.1. The Hall–Kier alpha value is -1.14. The molecule has 0 aliphatic carbocycles. The standard InChI is InChI=1S/C7H8FNO3S/c8-7-3-6(10)2-1-5(7)4-13(9,11)12/h1-3,10H,4H2,(H2,9,11,12). The first kappa shape index (κ1) is 9.94. The number of benzene rings is 1. The third kappa shape index (κ3) is 3.00. The van der Waals surface area contributed by atoms with Gasteiger partial charge in [-0.1, -0.05) is 6.07 Å². The molecule has 0 aromatic heterocycles. The molecule has 4 nitrogen and oxygen atoms in total. The molecule has 6 heteroatoms. The molecule has 0 bridgehead atoms. The molecule has 1 aromatic rings. The minimum absolute atomic E-state index is 0.0553. The van der Waals surface area contributed by atoms with Crippen LogP contribution >= 0.6 is 0 Å². The highest BCUT2D eigenvalue weighted by atomic mass is 32.2. The largest absolute Gasteiger partial charge is 0.508 e. The molecule has 0 aliphatic rings. The van der Waals surface area contributed by atoms with E-state index >= 15 is 0 Å². The van der Waals surface area contributed by atoms with Crippen LogP contribution in [0.3, 0.4) is 0 Å². The quantitative estimate of drug-likeness (QED) is 0.729. The zero-order chi connectivity index (χ0) is 10.1. The number of phenols is 1. The first-order chi connectivity index (χ1) is 5.88. The van der Waals surface area contributed by atoms with Crippen LogP contribution in [0, 0.1) is 5.82 Å². The zero-order valence-electron chi connectivity index (χ0n) is 6.57. The molecule has 72 valence electrons. The molecule has 0 atom stereocenters. The molecular formula is C7H8FNO3S. The van der Waals surface area contributed by atoms with Crippen molar-refractivity contribution in [3.05, 3.63) is 29.6 Å². The van der Waals surface area contributed by atoms with E-state index in [-0.39, 0.29) is 11.3 Å². The number of phenolic OH excluding ortho intramolecular Hbond substituents is 1. The van der Waals surface area contributed by atoms with Crippen molar-refractivity contribution in [3.8, 4) is 5.75 Å². The third-order valence-corrected chi connectivity index (χ3v) is 2.11. The SMILES string of the molecule is NS(=O)(=O)Cc1ccc(O)cc1F. The lowest BCUT2D eigenvalue weighted by molar-refractivity contribution is 0.468. The van der Waals surface area contributed by atoms with Crippen molar-refractivity contribution in [2.75, 3.05) is 0 Å². The summed E-state index contributed by atoms with van der Waals surface area (Å²) in [4.78, 5) is 0. The predicted molar refractivity (Wildman–Crippen MR) is 44.9 cm³/mol. The van der Waals surface area contributed by atoms with Gasteiger partial charge in [0.1, 0.15) is 11.6 Å². The Labute approximate surface area is 74.9 Å².